The average Bonchev–Trinajstić information content (AvgIpc) is 3.24. The first-order valence-corrected chi connectivity index (χ1v) is 10.4. The number of halogens is 2. The van der Waals surface area contributed by atoms with Crippen molar-refractivity contribution in [2.75, 3.05) is 36.5 Å². The number of nitriles is 1. The molecule has 4 heterocycles. The fraction of sp³-hybridized carbons (Fsp3) is 0.200. The highest BCUT2D eigenvalue weighted by atomic mass is 35.5. The van der Waals surface area contributed by atoms with E-state index in [9.17, 15) is 0 Å². The fourth-order valence-electron chi connectivity index (χ4n) is 3.41. The number of aromatic amines is 1. The lowest BCUT2D eigenvalue weighted by Crippen LogP contribution is -2.36. The van der Waals surface area contributed by atoms with E-state index in [-0.39, 0.29) is 0 Å². The van der Waals surface area contributed by atoms with Crippen molar-refractivity contribution < 1.29 is 4.74 Å². The van der Waals surface area contributed by atoms with E-state index >= 15 is 0 Å². The average molecular weight is 468 g/mol. The molecule has 0 radical (unpaired) electrons. The summed E-state index contributed by atoms with van der Waals surface area (Å²) in [5.41, 5.74) is 1.83. The van der Waals surface area contributed by atoms with Crippen molar-refractivity contribution in [3.63, 3.8) is 0 Å². The second kappa shape index (κ2) is 8.55. The number of nitrogens with one attached hydrogen (secondary N) is 2. The van der Waals surface area contributed by atoms with Crippen LogP contribution in [0.25, 0.3) is 22.6 Å². The van der Waals surface area contributed by atoms with Gasteiger partial charge in [-0.3, -0.25) is 0 Å². The molecule has 1 aliphatic rings. The number of ether oxygens (including phenoxy) is 1. The Kier molecular flexibility index (Phi) is 5.45. The van der Waals surface area contributed by atoms with Gasteiger partial charge in [0.15, 0.2) is 11.5 Å². The van der Waals surface area contributed by atoms with Gasteiger partial charge in [-0.25, -0.2) is 24.9 Å². The van der Waals surface area contributed by atoms with Crippen LogP contribution in [0.3, 0.4) is 0 Å². The normalized spacial score (nSPS) is 13.8. The first-order chi connectivity index (χ1) is 15.6. The number of nitrogens with zero attached hydrogens (tertiary/aromatic N) is 7. The molecule has 160 valence electrons. The van der Waals surface area contributed by atoms with Crippen molar-refractivity contribution in [3.05, 3.63) is 46.5 Å². The summed E-state index contributed by atoms with van der Waals surface area (Å²) in [6, 6.07) is 6.95. The summed E-state index contributed by atoms with van der Waals surface area (Å²) >= 11 is 12.7. The maximum Gasteiger partial charge on any atom is 0.183 e. The minimum Gasteiger partial charge on any atom is -0.378 e. The monoisotopic (exact) mass is 467 g/mol. The summed E-state index contributed by atoms with van der Waals surface area (Å²) in [6.07, 6.45) is 2.90. The Hall–Kier alpha value is -3.52. The number of anilines is 3. The van der Waals surface area contributed by atoms with Crippen LogP contribution in [0.15, 0.2) is 30.9 Å². The van der Waals surface area contributed by atoms with Crippen LogP contribution in [0.5, 0.6) is 0 Å². The van der Waals surface area contributed by atoms with Gasteiger partial charge in [0.2, 0.25) is 0 Å². The maximum absolute atomic E-state index is 9.10. The molecular formula is C20H15Cl2N9O. The quantitative estimate of drug-likeness (QED) is 0.462. The Bertz CT molecular complexity index is 1320. The number of hydrogen-bond acceptors (Lipinski definition) is 9. The SMILES string of the molecule is N#Cc1cc(Cl)c(-c2nc3ncnc(Nc4cc(N5CCOCC5)ncn4)c3[nH]2)c(Cl)c1. The number of fused-ring (bicyclic) bond motifs is 1. The molecule has 0 bridgehead atoms. The van der Waals surface area contributed by atoms with Gasteiger partial charge in [0.25, 0.3) is 0 Å². The van der Waals surface area contributed by atoms with E-state index in [1.807, 2.05) is 12.1 Å². The van der Waals surface area contributed by atoms with Crippen LogP contribution in [0, 0.1) is 11.3 Å². The van der Waals surface area contributed by atoms with Crippen molar-refractivity contribution in [1.82, 2.24) is 29.9 Å². The first kappa shape index (κ1) is 20.4. The molecule has 1 fully saturated rings. The van der Waals surface area contributed by atoms with E-state index in [0.29, 0.717) is 63.0 Å². The highest BCUT2D eigenvalue weighted by molar-refractivity contribution is 6.39. The van der Waals surface area contributed by atoms with Crippen molar-refractivity contribution in [1.29, 1.82) is 5.26 Å². The summed E-state index contributed by atoms with van der Waals surface area (Å²) in [5, 5.41) is 12.9. The first-order valence-electron chi connectivity index (χ1n) is 9.64. The van der Waals surface area contributed by atoms with Crippen LogP contribution in [0.1, 0.15) is 5.56 Å². The maximum atomic E-state index is 9.10. The molecule has 1 aliphatic heterocycles. The minimum absolute atomic E-state index is 0.307. The molecule has 0 atom stereocenters. The smallest absolute Gasteiger partial charge is 0.183 e. The number of rotatable bonds is 4. The van der Waals surface area contributed by atoms with E-state index in [2.05, 4.69) is 40.1 Å². The number of imidazole rings is 1. The summed E-state index contributed by atoms with van der Waals surface area (Å²) in [5.74, 6) is 2.28. The van der Waals surface area contributed by atoms with Gasteiger partial charge in [0, 0.05) is 19.2 Å². The molecule has 32 heavy (non-hydrogen) atoms. The van der Waals surface area contributed by atoms with E-state index in [1.54, 1.807) is 0 Å². The van der Waals surface area contributed by atoms with Crippen LogP contribution in [0.2, 0.25) is 10.0 Å². The van der Waals surface area contributed by atoms with Crippen molar-refractivity contribution in [2.24, 2.45) is 0 Å². The highest BCUT2D eigenvalue weighted by Crippen LogP contribution is 2.35. The standard InChI is InChI=1S/C20H15Cl2N9O/c21-12-5-11(8-23)6-13(22)16(12)18-29-17-19(26-10-27-20(17)30-18)28-14-7-15(25-9-24-14)31-1-3-32-4-2-31/h5-7,9-10H,1-4H2,(H2,24,25,26,27,28,29,30). The zero-order valence-electron chi connectivity index (χ0n) is 16.5. The number of aromatic nitrogens is 6. The molecule has 2 N–H and O–H groups in total. The van der Waals surface area contributed by atoms with Gasteiger partial charge in [0.05, 0.1) is 40.5 Å². The van der Waals surface area contributed by atoms with E-state index < -0.39 is 0 Å². The molecular weight excluding hydrogens is 453 g/mol. The molecule has 5 rings (SSSR count). The molecule has 0 amide bonds. The Balaban J connectivity index is 1.49. The molecule has 0 unspecified atom stereocenters. The van der Waals surface area contributed by atoms with Gasteiger partial charge in [-0.15, -0.1) is 0 Å². The fourth-order valence-corrected chi connectivity index (χ4v) is 4.07. The Morgan fingerprint density at radius 3 is 2.53 bits per heavy atom. The van der Waals surface area contributed by atoms with E-state index in [0.717, 1.165) is 18.9 Å². The second-order valence-corrected chi connectivity index (χ2v) is 7.73. The van der Waals surface area contributed by atoms with Crippen LogP contribution < -0.4 is 10.2 Å². The zero-order valence-corrected chi connectivity index (χ0v) is 18.0. The molecule has 10 nitrogen and oxygen atoms in total. The topological polar surface area (TPSA) is 129 Å². The third-order valence-electron chi connectivity index (χ3n) is 4.93. The zero-order chi connectivity index (χ0) is 22.1. The van der Waals surface area contributed by atoms with Gasteiger partial charge >= 0.3 is 0 Å². The predicted octanol–water partition coefficient (Wildman–Crippen LogP) is 3.57. The Morgan fingerprint density at radius 2 is 1.78 bits per heavy atom. The summed E-state index contributed by atoms with van der Waals surface area (Å²) in [7, 11) is 0. The van der Waals surface area contributed by atoms with Crippen molar-refractivity contribution in [3.8, 4) is 17.5 Å². The molecule has 0 aliphatic carbocycles. The molecule has 0 spiro atoms. The predicted molar refractivity (Wildman–Crippen MR) is 120 cm³/mol. The summed E-state index contributed by atoms with van der Waals surface area (Å²) in [4.78, 5) is 27.0. The minimum atomic E-state index is 0.307. The number of benzene rings is 1. The lowest BCUT2D eigenvalue weighted by molar-refractivity contribution is 0.122. The highest BCUT2D eigenvalue weighted by Gasteiger charge is 2.18. The van der Waals surface area contributed by atoms with Crippen molar-refractivity contribution in [2.45, 2.75) is 0 Å². The van der Waals surface area contributed by atoms with Crippen LogP contribution in [-0.2, 0) is 4.74 Å². The van der Waals surface area contributed by atoms with Gasteiger partial charge in [-0.05, 0) is 12.1 Å². The number of morpholine rings is 1. The summed E-state index contributed by atoms with van der Waals surface area (Å²) in [6.45, 7) is 2.86. The van der Waals surface area contributed by atoms with Gasteiger partial charge in [-0.2, -0.15) is 5.26 Å². The number of H-pyrrole nitrogens is 1. The summed E-state index contributed by atoms with van der Waals surface area (Å²) < 4.78 is 5.40. The van der Waals surface area contributed by atoms with E-state index in [4.69, 9.17) is 33.2 Å². The lowest BCUT2D eigenvalue weighted by Gasteiger charge is -2.27. The molecule has 12 heteroatoms. The largest absolute Gasteiger partial charge is 0.378 e. The third-order valence-corrected chi connectivity index (χ3v) is 5.53. The van der Waals surface area contributed by atoms with Crippen LogP contribution >= 0.6 is 23.2 Å². The van der Waals surface area contributed by atoms with Crippen LogP contribution in [0.4, 0.5) is 17.5 Å². The van der Waals surface area contributed by atoms with Crippen LogP contribution in [-0.4, -0.2) is 56.2 Å². The molecule has 3 aromatic heterocycles. The van der Waals surface area contributed by atoms with E-state index in [1.165, 1.54) is 24.8 Å². The van der Waals surface area contributed by atoms with Crippen molar-refractivity contribution >= 4 is 51.8 Å². The lowest BCUT2D eigenvalue weighted by atomic mass is 10.1. The molecule has 4 aromatic rings. The van der Waals surface area contributed by atoms with Gasteiger partial charge in [-0.1, -0.05) is 23.2 Å². The third kappa shape index (κ3) is 3.89. The van der Waals surface area contributed by atoms with Gasteiger partial charge < -0.3 is 19.9 Å². The second-order valence-electron chi connectivity index (χ2n) is 6.92. The Morgan fingerprint density at radius 1 is 1.03 bits per heavy atom. The molecule has 1 saturated heterocycles. The molecule has 0 saturated carbocycles. The number of hydrogen-bond donors (Lipinski definition) is 2. The molecule has 1 aromatic carbocycles. The Labute approximate surface area is 192 Å². The van der Waals surface area contributed by atoms with Gasteiger partial charge in [0.1, 0.15) is 35.6 Å².